The van der Waals surface area contributed by atoms with E-state index in [0.717, 1.165) is 0 Å². The molecule has 15 nitrogen and oxygen atoms in total. The number of amides is 5. The second kappa shape index (κ2) is 14.4. The Morgan fingerprint density at radius 2 is 1.47 bits per heavy atom. The second-order valence-corrected chi connectivity index (χ2v) is 8.59. The summed E-state index contributed by atoms with van der Waals surface area (Å²) >= 11 is 0. The Hall–Kier alpha value is -4.01. The number of H-pyrrole nitrogens is 1. The van der Waals surface area contributed by atoms with Gasteiger partial charge in [0.2, 0.25) is 29.5 Å². The highest BCUT2D eigenvalue weighted by atomic mass is 16.4. The predicted octanol–water partition coefficient (Wildman–Crippen LogP) is -2.99. The molecule has 11 N–H and O–H groups in total. The van der Waals surface area contributed by atoms with Gasteiger partial charge in [0.05, 0.1) is 12.4 Å². The SMILES string of the molecule is CC(C)C(NC(=O)C(Cc1cnc[nH]1)NC(=O)C(CCC(N)=O)NC(=O)C(N)CCC(N)=O)C(=O)O. The molecular weight excluding hydrogens is 476 g/mol. The van der Waals surface area contributed by atoms with E-state index in [4.69, 9.17) is 17.2 Å². The highest BCUT2D eigenvalue weighted by Gasteiger charge is 2.31. The second-order valence-electron chi connectivity index (χ2n) is 8.59. The van der Waals surface area contributed by atoms with E-state index < -0.39 is 65.6 Å². The van der Waals surface area contributed by atoms with Crippen molar-refractivity contribution < 1.29 is 33.9 Å². The molecule has 0 saturated carbocycles. The first-order valence-electron chi connectivity index (χ1n) is 11.2. The van der Waals surface area contributed by atoms with E-state index in [1.807, 2.05) is 0 Å². The number of nitrogens with zero attached hydrogens (tertiary/aromatic N) is 1. The lowest BCUT2D eigenvalue weighted by molar-refractivity contribution is -0.143. The van der Waals surface area contributed by atoms with Crippen molar-refractivity contribution in [2.45, 2.75) is 70.1 Å². The number of nitrogens with one attached hydrogen (secondary N) is 4. The summed E-state index contributed by atoms with van der Waals surface area (Å²) in [5.41, 5.74) is 16.4. The molecule has 0 radical (unpaired) electrons. The van der Waals surface area contributed by atoms with Crippen LogP contribution in [0.1, 0.15) is 45.2 Å². The Bertz CT molecular complexity index is 935. The Labute approximate surface area is 207 Å². The summed E-state index contributed by atoms with van der Waals surface area (Å²) in [6.07, 6.45) is 2.04. The van der Waals surface area contributed by atoms with E-state index in [0.29, 0.717) is 5.69 Å². The number of hydrogen-bond acceptors (Lipinski definition) is 8. The third-order valence-electron chi connectivity index (χ3n) is 5.19. The fourth-order valence-electron chi connectivity index (χ4n) is 3.13. The maximum atomic E-state index is 13.1. The number of rotatable bonds is 16. The van der Waals surface area contributed by atoms with Crippen LogP contribution in [0.4, 0.5) is 0 Å². The zero-order valence-electron chi connectivity index (χ0n) is 20.2. The van der Waals surface area contributed by atoms with Gasteiger partial charge in [0, 0.05) is 31.2 Å². The average Bonchev–Trinajstić information content (AvgIpc) is 3.30. The minimum atomic E-state index is -1.30. The number of nitrogens with two attached hydrogens (primary N) is 3. The van der Waals surface area contributed by atoms with E-state index in [1.165, 1.54) is 12.5 Å². The lowest BCUT2D eigenvalue weighted by Crippen LogP contribution is -2.58. The predicted molar refractivity (Wildman–Crippen MR) is 125 cm³/mol. The molecule has 0 aromatic carbocycles. The Kier molecular flexibility index (Phi) is 12.0. The molecule has 1 rings (SSSR count). The standard InChI is InChI=1S/C21H34N8O7/c1-10(2)17(21(35)36)29-20(34)14(7-11-8-25-9-26-11)28-19(33)13(4-6-16(24)31)27-18(32)12(22)3-5-15(23)30/h8-10,12-14,17H,3-7,22H2,1-2H3,(H2,23,30)(H2,24,31)(H,25,26)(H,27,32)(H,28,33)(H,29,34)(H,35,36). The lowest BCUT2D eigenvalue weighted by Gasteiger charge is -2.25. The summed E-state index contributed by atoms with van der Waals surface area (Å²) in [7, 11) is 0. The van der Waals surface area contributed by atoms with Crippen LogP contribution in [0.3, 0.4) is 0 Å². The van der Waals surface area contributed by atoms with Crippen LogP contribution in [-0.2, 0) is 35.2 Å². The number of carbonyl (C=O) groups is 6. The van der Waals surface area contributed by atoms with Gasteiger partial charge in [0.15, 0.2) is 0 Å². The van der Waals surface area contributed by atoms with Gasteiger partial charge in [-0.1, -0.05) is 13.8 Å². The highest BCUT2D eigenvalue weighted by molar-refractivity contribution is 5.94. The van der Waals surface area contributed by atoms with Crippen LogP contribution in [0.2, 0.25) is 0 Å². The quantitative estimate of drug-likeness (QED) is 0.112. The first kappa shape index (κ1) is 30.0. The topological polar surface area (TPSA) is 265 Å². The molecule has 36 heavy (non-hydrogen) atoms. The van der Waals surface area contributed by atoms with Crippen LogP contribution in [0.15, 0.2) is 12.5 Å². The Morgan fingerprint density at radius 1 is 0.917 bits per heavy atom. The monoisotopic (exact) mass is 510 g/mol. The van der Waals surface area contributed by atoms with E-state index >= 15 is 0 Å². The summed E-state index contributed by atoms with van der Waals surface area (Å²) in [6.45, 7) is 3.22. The minimum Gasteiger partial charge on any atom is -0.480 e. The van der Waals surface area contributed by atoms with Gasteiger partial charge < -0.3 is 43.2 Å². The van der Waals surface area contributed by atoms with Crippen molar-refractivity contribution in [3.63, 3.8) is 0 Å². The van der Waals surface area contributed by atoms with E-state index in [9.17, 15) is 33.9 Å². The lowest BCUT2D eigenvalue weighted by atomic mass is 10.0. The van der Waals surface area contributed by atoms with Gasteiger partial charge in [-0.2, -0.15) is 0 Å². The molecule has 0 aliphatic heterocycles. The Balaban J connectivity index is 3.07. The molecule has 4 unspecified atom stereocenters. The maximum absolute atomic E-state index is 13.1. The zero-order chi connectivity index (χ0) is 27.4. The van der Waals surface area contributed by atoms with Gasteiger partial charge in [-0.15, -0.1) is 0 Å². The first-order chi connectivity index (χ1) is 16.8. The summed E-state index contributed by atoms with van der Waals surface area (Å²) in [5.74, 6) is -5.47. The summed E-state index contributed by atoms with van der Waals surface area (Å²) in [5, 5.41) is 16.7. The number of carboxylic acids is 1. The van der Waals surface area contributed by atoms with Crippen molar-refractivity contribution in [1.82, 2.24) is 25.9 Å². The van der Waals surface area contributed by atoms with Crippen LogP contribution >= 0.6 is 0 Å². The van der Waals surface area contributed by atoms with Crippen LogP contribution in [0.25, 0.3) is 0 Å². The average molecular weight is 511 g/mol. The molecule has 1 aromatic heterocycles. The van der Waals surface area contributed by atoms with Gasteiger partial charge in [0.1, 0.15) is 18.1 Å². The molecule has 0 aliphatic carbocycles. The minimum absolute atomic E-state index is 0.0675. The van der Waals surface area contributed by atoms with Crippen molar-refractivity contribution >= 4 is 35.5 Å². The molecular formula is C21H34N8O7. The maximum Gasteiger partial charge on any atom is 0.326 e. The first-order valence-corrected chi connectivity index (χ1v) is 11.2. The van der Waals surface area contributed by atoms with Gasteiger partial charge >= 0.3 is 5.97 Å². The molecule has 15 heteroatoms. The fraction of sp³-hybridized carbons (Fsp3) is 0.571. The van der Waals surface area contributed by atoms with Gasteiger partial charge in [-0.25, -0.2) is 9.78 Å². The third kappa shape index (κ3) is 10.5. The van der Waals surface area contributed by atoms with Crippen LogP contribution < -0.4 is 33.2 Å². The number of hydrogen-bond donors (Lipinski definition) is 8. The van der Waals surface area contributed by atoms with Crippen LogP contribution in [-0.4, -0.2) is 74.7 Å². The molecule has 1 aromatic rings. The largest absolute Gasteiger partial charge is 0.480 e. The zero-order valence-corrected chi connectivity index (χ0v) is 20.2. The summed E-state index contributed by atoms with van der Waals surface area (Å²) < 4.78 is 0. The van der Waals surface area contributed by atoms with Crippen molar-refractivity contribution in [2.75, 3.05) is 0 Å². The van der Waals surface area contributed by atoms with E-state index in [1.54, 1.807) is 13.8 Å². The molecule has 0 bridgehead atoms. The van der Waals surface area contributed by atoms with Crippen molar-refractivity contribution in [3.8, 4) is 0 Å². The molecule has 0 fully saturated rings. The van der Waals surface area contributed by atoms with Crippen LogP contribution in [0, 0.1) is 5.92 Å². The molecule has 200 valence electrons. The number of aromatic nitrogens is 2. The third-order valence-corrected chi connectivity index (χ3v) is 5.19. The van der Waals surface area contributed by atoms with E-state index in [2.05, 4.69) is 25.9 Å². The number of imidazole rings is 1. The molecule has 0 aliphatic rings. The number of carboxylic acid groups (broad SMARTS) is 1. The number of primary amides is 2. The molecule has 0 saturated heterocycles. The van der Waals surface area contributed by atoms with Crippen molar-refractivity contribution in [1.29, 1.82) is 0 Å². The van der Waals surface area contributed by atoms with Crippen LogP contribution in [0.5, 0.6) is 0 Å². The van der Waals surface area contributed by atoms with Gasteiger partial charge in [0.25, 0.3) is 0 Å². The highest BCUT2D eigenvalue weighted by Crippen LogP contribution is 2.07. The fourth-order valence-corrected chi connectivity index (χ4v) is 3.13. The smallest absolute Gasteiger partial charge is 0.326 e. The number of carbonyl (C=O) groups excluding carboxylic acids is 5. The normalized spacial score (nSPS) is 14.2. The molecule has 1 heterocycles. The van der Waals surface area contributed by atoms with E-state index in [-0.39, 0.29) is 32.1 Å². The van der Waals surface area contributed by atoms with Crippen molar-refractivity contribution in [3.05, 3.63) is 18.2 Å². The Morgan fingerprint density at radius 3 is 1.97 bits per heavy atom. The number of aliphatic carboxylic acids is 1. The number of aromatic amines is 1. The van der Waals surface area contributed by atoms with Crippen molar-refractivity contribution in [2.24, 2.45) is 23.1 Å². The molecule has 4 atom stereocenters. The molecule has 5 amide bonds. The van der Waals surface area contributed by atoms with Gasteiger partial charge in [-0.05, 0) is 18.8 Å². The summed E-state index contributed by atoms with van der Waals surface area (Å²) in [6, 6.07) is -4.93. The summed E-state index contributed by atoms with van der Waals surface area (Å²) in [4.78, 5) is 78.9. The van der Waals surface area contributed by atoms with Gasteiger partial charge in [-0.3, -0.25) is 24.0 Å². The molecule has 0 spiro atoms.